The highest BCUT2D eigenvalue weighted by molar-refractivity contribution is 5.92. The summed E-state index contributed by atoms with van der Waals surface area (Å²) in [5.41, 5.74) is 1.87. The average Bonchev–Trinajstić information content (AvgIpc) is 2.73. The molecule has 0 unspecified atom stereocenters. The van der Waals surface area contributed by atoms with Crippen LogP contribution in [0.25, 0.3) is 0 Å². The maximum Gasteiger partial charge on any atom is 0.343 e. The van der Waals surface area contributed by atoms with E-state index in [1.54, 1.807) is 24.3 Å². The van der Waals surface area contributed by atoms with Crippen LogP contribution in [0.1, 0.15) is 66.6 Å². The lowest BCUT2D eigenvalue weighted by Crippen LogP contribution is -2.10. The van der Waals surface area contributed by atoms with Gasteiger partial charge in [0, 0.05) is 0 Å². The smallest absolute Gasteiger partial charge is 0.343 e. The Morgan fingerprint density at radius 1 is 0.929 bits per heavy atom. The second-order valence-electron chi connectivity index (χ2n) is 6.46. The molecule has 0 bridgehead atoms. The molecule has 5 nitrogen and oxygen atoms in total. The zero-order chi connectivity index (χ0) is 20.4. The van der Waals surface area contributed by atoms with E-state index < -0.39 is 5.97 Å². The van der Waals surface area contributed by atoms with Gasteiger partial charge >= 0.3 is 5.97 Å². The Morgan fingerprint density at radius 2 is 1.61 bits per heavy atom. The van der Waals surface area contributed by atoms with E-state index >= 15 is 0 Å². The number of nitrogens with zero attached hydrogens (tertiary/aromatic N) is 2. The molecule has 144 valence electrons. The van der Waals surface area contributed by atoms with Gasteiger partial charge in [0.05, 0.1) is 23.3 Å². The van der Waals surface area contributed by atoms with Gasteiger partial charge in [0.25, 0.3) is 0 Å². The summed E-state index contributed by atoms with van der Waals surface area (Å²) in [7, 11) is 0. The Hall–Kier alpha value is -3.31. The number of unbranched alkanes of at least 4 members (excludes halogenated alkanes) is 2. The van der Waals surface area contributed by atoms with Crippen LogP contribution in [0.4, 0.5) is 0 Å². The molecule has 0 aliphatic rings. The van der Waals surface area contributed by atoms with Gasteiger partial charge in [0.2, 0.25) is 0 Å². The Bertz CT molecular complexity index is 907. The van der Waals surface area contributed by atoms with Crippen molar-refractivity contribution >= 4 is 5.97 Å². The third-order valence-corrected chi connectivity index (χ3v) is 4.28. The standard InChI is InChI=1S/C23H24N2O3/c1-3-5-7-17-8-10-22(19(13-17)15-24)28-23(26)18-9-11-21(20(14-18)16-25)27-12-6-4-2/h8-11,13-14H,3-7,12H2,1-2H3. The van der Waals surface area contributed by atoms with Crippen molar-refractivity contribution < 1.29 is 14.3 Å². The lowest BCUT2D eigenvalue weighted by atomic mass is 10.1. The number of ether oxygens (including phenoxy) is 2. The largest absolute Gasteiger partial charge is 0.492 e. The fraction of sp³-hybridized carbons (Fsp3) is 0.348. The minimum atomic E-state index is -0.616. The number of carbonyl (C=O) groups is 1. The number of esters is 1. The fourth-order valence-electron chi connectivity index (χ4n) is 2.65. The molecular weight excluding hydrogens is 352 g/mol. The predicted octanol–water partition coefficient (Wildman–Crippen LogP) is 5.17. The molecule has 0 heterocycles. The van der Waals surface area contributed by atoms with Crippen LogP contribution in [-0.2, 0) is 6.42 Å². The number of aryl methyl sites for hydroxylation is 1. The zero-order valence-corrected chi connectivity index (χ0v) is 16.3. The molecule has 0 atom stereocenters. The number of rotatable bonds is 9. The van der Waals surface area contributed by atoms with E-state index in [4.69, 9.17) is 9.47 Å². The molecular formula is C23H24N2O3. The maximum atomic E-state index is 12.5. The molecule has 0 N–H and O–H groups in total. The normalized spacial score (nSPS) is 10.0. The molecule has 2 aromatic carbocycles. The third-order valence-electron chi connectivity index (χ3n) is 4.28. The summed E-state index contributed by atoms with van der Waals surface area (Å²) in [5, 5.41) is 18.7. The molecule has 28 heavy (non-hydrogen) atoms. The summed E-state index contributed by atoms with van der Waals surface area (Å²) in [5.74, 6) is 0.0504. The molecule has 0 aliphatic heterocycles. The van der Waals surface area contributed by atoms with Gasteiger partial charge in [-0.25, -0.2) is 4.79 Å². The van der Waals surface area contributed by atoms with E-state index in [2.05, 4.69) is 19.9 Å². The molecule has 0 aliphatic carbocycles. The summed E-state index contributed by atoms with van der Waals surface area (Å²) >= 11 is 0. The Labute approximate surface area is 166 Å². The predicted molar refractivity (Wildman–Crippen MR) is 106 cm³/mol. The monoisotopic (exact) mass is 376 g/mol. The van der Waals surface area contributed by atoms with Gasteiger partial charge in [-0.15, -0.1) is 0 Å². The van der Waals surface area contributed by atoms with Crippen LogP contribution in [0, 0.1) is 22.7 Å². The SMILES string of the molecule is CCCCOc1ccc(C(=O)Oc2ccc(CCCC)cc2C#N)cc1C#N. The van der Waals surface area contributed by atoms with Crippen LogP contribution in [0.2, 0.25) is 0 Å². The third kappa shape index (κ3) is 5.59. The van der Waals surface area contributed by atoms with Gasteiger partial charge < -0.3 is 9.47 Å². The first-order chi connectivity index (χ1) is 13.6. The molecule has 0 fully saturated rings. The van der Waals surface area contributed by atoms with E-state index in [0.717, 1.165) is 37.7 Å². The number of carbonyl (C=O) groups excluding carboxylic acids is 1. The quantitative estimate of drug-likeness (QED) is 0.342. The lowest BCUT2D eigenvalue weighted by Gasteiger charge is -2.10. The van der Waals surface area contributed by atoms with Crippen LogP contribution in [0.15, 0.2) is 36.4 Å². The summed E-state index contributed by atoms with van der Waals surface area (Å²) < 4.78 is 11.0. The molecule has 0 amide bonds. The summed E-state index contributed by atoms with van der Waals surface area (Å²) in [6, 6.07) is 14.0. The van der Waals surface area contributed by atoms with Crippen molar-refractivity contribution in [2.75, 3.05) is 6.61 Å². The van der Waals surface area contributed by atoms with Crippen LogP contribution in [0.3, 0.4) is 0 Å². The fourth-order valence-corrected chi connectivity index (χ4v) is 2.65. The van der Waals surface area contributed by atoms with Gasteiger partial charge in [-0.2, -0.15) is 10.5 Å². The topological polar surface area (TPSA) is 83.1 Å². The van der Waals surface area contributed by atoms with Crippen molar-refractivity contribution in [3.63, 3.8) is 0 Å². The second-order valence-corrected chi connectivity index (χ2v) is 6.46. The highest BCUT2D eigenvalue weighted by Crippen LogP contribution is 2.24. The first-order valence-electron chi connectivity index (χ1n) is 9.55. The van der Waals surface area contributed by atoms with Crippen molar-refractivity contribution in [1.29, 1.82) is 10.5 Å². The number of benzene rings is 2. The highest BCUT2D eigenvalue weighted by atomic mass is 16.5. The van der Waals surface area contributed by atoms with Crippen molar-refractivity contribution in [2.24, 2.45) is 0 Å². The summed E-state index contributed by atoms with van der Waals surface area (Å²) in [4.78, 5) is 12.5. The van der Waals surface area contributed by atoms with E-state index in [1.807, 2.05) is 12.1 Å². The maximum absolute atomic E-state index is 12.5. The Morgan fingerprint density at radius 3 is 2.29 bits per heavy atom. The molecule has 0 saturated carbocycles. The van der Waals surface area contributed by atoms with Gasteiger partial charge in [0.15, 0.2) is 0 Å². The minimum Gasteiger partial charge on any atom is -0.492 e. The summed E-state index contributed by atoms with van der Waals surface area (Å²) in [6.45, 7) is 4.68. The van der Waals surface area contributed by atoms with Crippen molar-refractivity contribution in [1.82, 2.24) is 0 Å². The van der Waals surface area contributed by atoms with Gasteiger partial charge in [-0.05, 0) is 55.2 Å². The first kappa shape index (κ1) is 21.0. The van der Waals surface area contributed by atoms with E-state index in [1.165, 1.54) is 6.07 Å². The van der Waals surface area contributed by atoms with Gasteiger partial charge in [-0.3, -0.25) is 0 Å². The van der Waals surface area contributed by atoms with Crippen molar-refractivity contribution in [3.05, 3.63) is 58.7 Å². The number of hydrogen-bond acceptors (Lipinski definition) is 5. The van der Waals surface area contributed by atoms with Crippen molar-refractivity contribution in [3.8, 4) is 23.6 Å². The molecule has 0 aromatic heterocycles. The molecule has 2 rings (SSSR count). The van der Waals surface area contributed by atoms with E-state index in [0.29, 0.717) is 17.9 Å². The van der Waals surface area contributed by atoms with E-state index in [9.17, 15) is 15.3 Å². The lowest BCUT2D eigenvalue weighted by molar-refractivity contribution is 0.0734. The second kappa shape index (κ2) is 10.7. The summed E-state index contributed by atoms with van der Waals surface area (Å²) in [6.07, 6.45) is 4.86. The van der Waals surface area contributed by atoms with Crippen LogP contribution >= 0.6 is 0 Å². The molecule has 0 spiro atoms. The molecule has 0 radical (unpaired) electrons. The van der Waals surface area contributed by atoms with E-state index in [-0.39, 0.29) is 16.9 Å². The Kier molecular flexibility index (Phi) is 8.06. The molecule has 2 aromatic rings. The van der Waals surface area contributed by atoms with Crippen LogP contribution < -0.4 is 9.47 Å². The van der Waals surface area contributed by atoms with Gasteiger partial charge in [0.1, 0.15) is 23.6 Å². The Balaban J connectivity index is 2.16. The van der Waals surface area contributed by atoms with Crippen LogP contribution in [0.5, 0.6) is 11.5 Å². The number of hydrogen-bond donors (Lipinski definition) is 0. The molecule has 5 heteroatoms. The van der Waals surface area contributed by atoms with Gasteiger partial charge in [-0.1, -0.05) is 32.8 Å². The highest BCUT2D eigenvalue weighted by Gasteiger charge is 2.15. The van der Waals surface area contributed by atoms with Crippen LogP contribution in [-0.4, -0.2) is 12.6 Å². The zero-order valence-electron chi connectivity index (χ0n) is 16.3. The average molecular weight is 376 g/mol. The molecule has 0 saturated heterocycles. The van der Waals surface area contributed by atoms with Crippen molar-refractivity contribution in [2.45, 2.75) is 46.0 Å². The number of nitriles is 2. The first-order valence-corrected chi connectivity index (χ1v) is 9.55. The minimum absolute atomic E-state index is 0.217.